The van der Waals surface area contributed by atoms with E-state index in [0.29, 0.717) is 6.42 Å². The summed E-state index contributed by atoms with van der Waals surface area (Å²) in [6, 6.07) is 0. The third-order valence-corrected chi connectivity index (χ3v) is 3.88. The van der Waals surface area contributed by atoms with Crippen molar-refractivity contribution in [3.63, 3.8) is 0 Å². The van der Waals surface area contributed by atoms with Crippen molar-refractivity contribution < 1.29 is 9.53 Å². The number of carbonyl (C=O) groups excluding carboxylic acids is 1. The van der Waals surface area contributed by atoms with Crippen LogP contribution < -0.4 is 0 Å². The molecule has 0 aromatic rings. The van der Waals surface area contributed by atoms with E-state index in [1.54, 1.807) is 0 Å². The summed E-state index contributed by atoms with van der Waals surface area (Å²) in [5, 5.41) is 0. The lowest BCUT2D eigenvalue weighted by Crippen LogP contribution is -1.99. The first-order valence-corrected chi connectivity index (χ1v) is 9.03. The van der Waals surface area contributed by atoms with Gasteiger partial charge in [0.05, 0.1) is 7.11 Å². The Morgan fingerprint density at radius 3 is 1.71 bits per heavy atom. The maximum absolute atomic E-state index is 10.9. The Morgan fingerprint density at radius 2 is 1.24 bits per heavy atom. The van der Waals surface area contributed by atoms with Crippen LogP contribution in [0.5, 0.6) is 0 Å². The van der Waals surface area contributed by atoms with Crippen molar-refractivity contribution in [2.75, 3.05) is 7.11 Å². The van der Waals surface area contributed by atoms with Crippen LogP contribution in [0.3, 0.4) is 0 Å². The van der Waals surface area contributed by atoms with Gasteiger partial charge in [-0.25, -0.2) is 0 Å². The van der Waals surface area contributed by atoms with E-state index in [-0.39, 0.29) is 5.97 Å². The van der Waals surface area contributed by atoms with Crippen molar-refractivity contribution in [3.05, 3.63) is 12.2 Å². The van der Waals surface area contributed by atoms with Crippen LogP contribution in [0.1, 0.15) is 96.8 Å². The van der Waals surface area contributed by atoms with Gasteiger partial charge in [0.1, 0.15) is 0 Å². The summed E-state index contributed by atoms with van der Waals surface area (Å²) in [5.41, 5.74) is 0. The van der Waals surface area contributed by atoms with E-state index in [9.17, 15) is 4.79 Å². The predicted octanol–water partition coefficient (Wildman–Crippen LogP) is 6.20. The van der Waals surface area contributed by atoms with Crippen molar-refractivity contribution in [3.8, 4) is 0 Å². The van der Waals surface area contributed by atoms with Crippen molar-refractivity contribution in [1.82, 2.24) is 0 Å². The number of carbonyl (C=O) groups is 1. The highest BCUT2D eigenvalue weighted by atomic mass is 16.5. The number of ether oxygens (including phenoxy) is 1. The highest BCUT2D eigenvalue weighted by Crippen LogP contribution is 2.12. The fourth-order valence-corrected chi connectivity index (χ4v) is 2.51. The van der Waals surface area contributed by atoms with Crippen molar-refractivity contribution in [2.24, 2.45) is 0 Å². The van der Waals surface area contributed by atoms with Crippen LogP contribution in [-0.4, -0.2) is 13.1 Å². The first-order valence-electron chi connectivity index (χ1n) is 9.03. The van der Waals surface area contributed by atoms with Crippen molar-refractivity contribution in [2.45, 2.75) is 96.8 Å². The molecule has 0 saturated heterocycles. The molecule has 0 aliphatic carbocycles. The fourth-order valence-electron chi connectivity index (χ4n) is 2.51. The molecule has 0 aromatic heterocycles. The lowest BCUT2D eigenvalue weighted by Gasteiger charge is -2.02. The van der Waals surface area contributed by atoms with Crippen LogP contribution >= 0.6 is 0 Å². The van der Waals surface area contributed by atoms with Crippen LogP contribution in [0, 0.1) is 0 Å². The minimum atomic E-state index is -0.0693. The molecular weight excluding hydrogens is 260 g/mol. The van der Waals surface area contributed by atoms with Gasteiger partial charge in [-0.3, -0.25) is 4.79 Å². The summed E-state index contributed by atoms with van der Waals surface area (Å²) in [7, 11) is 1.46. The molecule has 0 aliphatic rings. The van der Waals surface area contributed by atoms with Gasteiger partial charge in [-0.05, 0) is 25.7 Å². The molecule has 0 radical (unpaired) electrons. The molecule has 124 valence electrons. The second-order valence-electron chi connectivity index (χ2n) is 5.88. The largest absolute Gasteiger partial charge is 0.469 e. The van der Waals surface area contributed by atoms with Gasteiger partial charge in [0.25, 0.3) is 0 Å². The normalized spacial score (nSPS) is 11.1. The molecule has 0 bridgehead atoms. The van der Waals surface area contributed by atoms with Crippen LogP contribution in [0.15, 0.2) is 12.2 Å². The third kappa shape index (κ3) is 17.2. The van der Waals surface area contributed by atoms with Crippen molar-refractivity contribution >= 4 is 5.97 Å². The van der Waals surface area contributed by atoms with Crippen molar-refractivity contribution in [1.29, 1.82) is 0 Å². The van der Waals surface area contributed by atoms with Crippen LogP contribution in [0.4, 0.5) is 0 Å². The monoisotopic (exact) mass is 296 g/mol. The molecule has 2 nitrogen and oxygen atoms in total. The van der Waals surface area contributed by atoms with Gasteiger partial charge in [-0.1, -0.05) is 76.9 Å². The topological polar surface area (TPSA) is 26.3 Å². The second kappa shape index (κ2) is 17.3. The maximum Gasteiger partial charge on any atom is 0.305 e. The SMILES string of the molecule is CCC=CCCCCCCCCCCCCCC(=O)OC. The zero-order valence-corrected chi connectivity index (χ0v) is 14.4. The molecule has 0 unspecified atom stereocenters. The first kappa shape index (κ1) is 20.2. The third-order valence-electron chi connectivity index (χ3n) is 3.88. The zero-order chi connectivity index (χ0) is 15.6. The van der Waals surface area contributed by atoms with Gasteiger partial charge < -0.3 is 4.74 Å². The van der Waals surface area contributed by atoms with Gasteiger partial charge in [-0.15, -0.1) is 0 Å². The molecule has 0 N–H and O–H groups in total. The summed E-state index contributed by atoms with van der Waals surface area (Å²) in [4.78, 5) is 10.9. The summed E-state index contributed by atoms with van der Waals surface area (Å²) in [5.74, 6) is -0.0693. The number of allylic oxidation sites excluding steroid dienone is 2. The average molecular weight is 296 g/mol. The van der Waals surface area contributed by atoms with Gasteiger partial charge in [0.15, 0.2) is 0 Å². The number of rotatable bonds is 15. The molecule has 0 amide bonds. The lowest BCUT2D eigenvalue weighted by atomic mass is 10.0. The number of methoxy groups -OCH3 is 1. The lowest BCUT2D eigenvalue weighted by molar-refractivity contribution is -0.140. The van der Waals surface area contributed by atoms with Gasteiger partial charge in [0.2, 0.25) is 0 Å². The van der Waals surface area contributed by atoms with Crippen LogP contribution in [0.2, 0.25) is 0 Å². The molecule has 0 saturated carbocycles. The number of hydrogen-bond donors (Lipinski definition) is 0. The molecule has 2 heteroatoms. The molecule has 0 aromatic carbocycles. The molecule has 0 atom stereocenters. The average Bonchev–Trinajstić information content (AvgIpc) is 2.50. The number of hydrogen-bond acceptors (Lipinski definition) is 2. The fraction of sp³-hybridized carbons (Fsp3) is 0.842. The molecule has 21 heavy (non-hydrogen) atoms. The van der Waals surface area contributed by atoms with Crippen LogP contribution in [0.25, 0.3) is 0 Å². The summed E-state index contributed by atoms with van der Waals surface area (Å²) in [6.45, 7) is 2.19. The first-order chi connectivity index (χ1) is 10.3. The Morgan fingerprint density at radius 1 is 0.762 bits per heavy atom. The Labute approximate surface area is 132 Å². The quantitative estimate of drug-likeness (QED) is 0.204. The van der Waals surface area contributed by atoms with Crippen LogP contribution in [-0.2, 0) is 9.53 Å². The Balaban J connectivity index is 3.02. The molecule has 0 heterocycles. The summed E-state index contributed by atoms with van der Waals surface area (Å²) < 4.78 is 4.63. The van der Waals surface area contributed by atoms with E-state index in [1.165, 1.54) is 84.2 Å². The highest BCUT2D eigenvalue weighted by molar-refractivity contribution is 5.68. The van der Waals surface area contributed by atoms with Gasteiger partial charge in [-0.2, -0.15) is 0 Å². The smallest absolute Gasteiger partial charge is 0.305 e. The Hall–Kier alpha value is -0.790. The van der Waals surface area contributed by atoms with Gasteiger partial charge in [0, 0.05) is 6.42 Å². The molecule has 0 fully saturated rings. The maximum atomic E-state index is 10.9. The number of esters is 1. The van der Waals surface area contributed by atoms with E-state index < -0.39 is 0 Å². The number of unbranched alkanes of at least 4 members (excludes halogenated alkanes) is 11. The minimum absolute atomic E-state index is 0.0693. The van der Waals surface area contributed by atoms with E-state index in [2.05, 4.69) is 23.8 Å². The molecule has 0 spiro atoms. The Kier molecular flexibility index (Phi) is 16.6. The molecular formula is C19H36O2. The summed E-state index contributed by atoms with van der Waals surface area (Å²) in [6.07, 6.45) is 22.0. The predicted molar refractivity (Wildman–Crippen MR) is 91.5 cm³/mol. The minimum Gasteiger partial charge on any atom is -0.469 e. The van der Waals surface area contributed by atoms with E-state index in [1.807, 2.05) is 0 Å². The summed E-state index contributed by atoms with van der Waals surface area (Å²) >= 11 is 0. The van der Waals surface area contributed by atoms with Gasteiger partial charge >= 0.3 is 5.97 Å². The second-order valence-corrected chi connectivity index (χ2v) is 5.88. The van der Waals surface area contributed by atoms with E-state index in [4.69, 9.17) is 0 Å². The standard InChI is InChI=1S/C19H36O2/c1-3-4-5-6-7-8-9-10-11-12-13-14-15-16-17-18-19(20)21-2/h4-5H,3,6-18H2,1-2H3. The highest BCUT2D eigenvalue weighted by Gasteiger charge is 1.99. The van der Waals surface area contributed by atoms with E-state index in [0.717, 1.165) is 6.42 Å². The van der Waals surface area contributed by atoms with E-state index >= 15 is 0 Å². The molecule has 0 rings (SSSR count). The Bertz CT molecular complexity index is 246. The zero-order valence-electron chi connectivity index (χ0n) is 14.4. The molecule has 0 aliphatic heterocycles.